The Labute approximate surface area is 199 Å². The van der Waals surface area contributed by atoms with E-state index in [9.17, 15) is 23.1 Å². The van der Waals surface area contributed by atoms with Gasteiger partial charge in [0, 0.05) is 23.2 Å². The van der Waals surface area contributed by atoms with E-state index in [4.69, 9.17) is 0 Å². The average molecular weight is 475 g/mol. The standard InChI is InChI=1S/C27H33F3N2O2/c1-25(34,27(28,29)30)20-11-9-19(10-12-20)24(33)32(22-13-14-22)23-15-17-26(18-16-23,31(2)3)21-7-5-4-6-8-21/h4-12,22-23,34H,13-18H2,1-3H3/t23-,25-,26-/m0/s1. The average Bonchev–Trinajstić information content (AvgIpc) is 3.64. The Morgan fingerprint density at radius 2 is 1.44 bits per heavy atom. The molecular weight excluding hydrogens is 441 g/mol. The van der Waals surface area contributed by atoms with Crippen molar-refractivity contribution >= 4 is 5.91 Å². The molecule has 1 N–H and O–H groups in total. The van der Waals surface area contributed by atoms with Crippen molar-refractivity contribution in [2.24, 2.45) is 0 Å². The molecule has 2 aliphatic rings. The molecular formula is C27H33F3N2O2. The van der Waals surface area contributed by atoms with Gasteiger partial charge in [0.1, 0.15) is 0 Å². The van der Waals surface area contributed by atoms with Crippen LogP contribution in [0.2, 0.25) is 0 Å². The van der Waals surface area contributed by atoms with Crippen LogP contribution >= 0.6 is 0 Å². The van der Waals surface area contributed by atoms with Gasteiger partial charge in [-0.05, 0) is 82.8 Å². The maximum atomic E-state index is 13.5. The highest BCUT2D eigenvalue weighted by Gasteiger charge is 2.51. The number of hydrogen-bond donors (Lipinski definition) is 1. The summed E-state index contributed by atoms with van der Waals surface area (Å²) in [7, 11) is 4.21. The third kappa shape index (κ3) is 4.48. The van der Waals surface area contributed by atoms with E-state index in [-0.39, 0.29) is 29.1 Å². The Hall–Kier alpha value is -2.38. The number of rotatable bonds is 6. The van der Waals surface area contributed by atoms with Crippen LogP contribution in [0, 0.1) is 0 Å². The van der Waals surface area contributed by atoms with Gasteiger partial charge in [0.25, 0.3) is 5.91 Å². The number of halogens is 3. The Morgan fingerprint density at radius 3 is 1.91 bits per heavy atom. The van der Waals surface area contributed by atoms with Crippen LogP contribution in [0.4, 0.5) is 13.2 Å². The largest absolute Gasteiger partial charge is 0.421 e. The number of nitrogens with zero attached hydrogens (tertiary/aromatic N) is 2. The fourth-order valence-electron chi connectivity index (χ4n) is 5.33. The minimum Gasteiger partial charge on any atom is -0.376 e. The van der Waals surface area contributed by atoms with Crippen LogP contribution in [0.25, 0.3) is 0 Å². The summed E-state index contributed by atoms with van der Waals surface area (Å²) < 4.78 is 39.5. The lowest BCUT2D eigenvalue weighted by atomic mass is 9.73. The van der Waals surface area contributed by atoms with E-state index < -0.39 is 11.8 Å². The molecule has 0 spiro atoms. The molecule has 2 aromatic carbocycles. The predicted molar refractivity (Wildman–Crippen MR) is 125 cm³/mol. The summed E-state index contributed by atoms with van der Waals surface area (Å²) in [6.07, 6.45) is 0.725. The summed E-state index contributed by atoms with van der Waals surface area (Å²) in [5.74, 6) is -0.136. The quantitative estimate of drug-likeness (QED) is 0.605. The van der Waals surface area contributed by atoms with Crippen LogP contribution in [0.5, 0.6) is 0 Å². The summed E-state index contributed by atoms with van der Waals surface area (Å²) in [4.78, 5) is 17.7. The first-order valence-corrected chi connectivity index (χ1v) is 11.9. The number of hydrogen-bond acceptors (Lipinski definition) is 3. The first-order valence-electron chi connectivity index (χ1n) is 11.9. The van der Waals surface area contributed by atoms with Crippen molar-refractivity contribution in [1.82, 2.24) is 9.80 Å². The van der Waals surface area contributed by atoms with E-state index in [0.717, 1.165) is 45.4 Å². The predicted octanol–water partition coefficient (Wildman–Crippen LogP) is 5.46. The van der Waals surface area contributed by atoms with Crippen LogP contribution < -0.4 is 0 Å². The summed E-state index contributed by atoms with van der Waals surface area (Å²) in [5.41, 5.74) is -1.65. The summed E-state index contributed by atoms with van der Waals surface area (Å²) in [6, 6.07) is 16.0. The first kappa shape index (κ1) is 24.7. The number of carbonyl (C=O) groups excluding carboxylic acids is 1. The molecule has 0 aliphatic heterocycles. The molecule has 4 rings (SSSR count). The van der Waals surface area contributed by atoms with Gasteiger partial charge in [0.2, 0.25) is 0 Å². The smallest absolute Gasteiger partial charge is 0.376 e. The number of aliphatic hydroxyl groups is 1. The molecule has 0 bridgehead atoms. The maximum absolute atomic E-state index is 13.5. The van der Waals surface area contributed by atoms with E-state index in [1.165, 1.54) is 29.8 Å². The maximum Gasteiger partial charge on any atom is 0.421 e. The van der Waals surface area contributed by atoms with Crippen molar-refractivity contribution in [2.45, 2.75) is 74.8 Å². The van der Waals surface area contributed by atoms with Crippen molar-refractivity contribution in [3.63, 3.8) is 0 Å². The van der Waals surface area contributed by atoms with E-state index in [0.29, 0.717) is 5.56 Å². The molecule has 0 saturated heterocycles. The molecule has 7 heteroatoms. The topological polar surface area (TPSA) is 43.8 Å². The molecule has 2 aromatic rings. The van der Waals surface area contributed by atoms with Crippen LogP contribution in [0.1, 0.15) is 66.9 Å². The van der Waals surface area contributed by atoms with Gasteiger partial charge in [0.05, 0.1) is 0 Å². The lowest BCUT2D eigenvalue weighted by Gasteiger charge is -2.48. The Balaban J connectivity index is 1.52. The molecule has 0 unspecified atom stereocenters. The Kier molecular flexibility index (Phi) is 6.55. The fraction of sp³-hybridized carbons (Fsp3) is 0.519. The molecule has 0 aromatic heterocycles. The van der Waals surface area contributed by atoms with Gasteiger partial charge in [-0.15, -0.1) is 0 Å². The van der Waals surface area contributed by atoms with Crippen LogP contribution in [0.15, 0.2) is 54.6 Å². The number of benzene rings is 2. The zero-order valence-electron chi connectivity index (χ0n) is 20.0. The van der Waals surface area contributed by atoms with Gasteiger partial charge in [-0.3, -0.25) is 9.69 Å². The van der Waals surface area contributed by atoms with E-state index in [2.05, 4.69) is 43.3 Å². The third-order valence-electron chi connectivity index (χ3n) is 7.76. The molecule has 4 nitrogen and oxygen atoms in total. The summed E-state index contributed by atoms with van der Waals surface area (Å²) in [6.45, 7) is 0.728. The molecule has 2 fully saturated rings. The van der Waals surface area contributed by atoms with Crippen molar-refractivity contribution in [1.29, 1.82) is 0 Å². The third-order valence-corrected chi connectivity index (χ3v) is 7.76. The van der Waals surface area contributed by atoms with E-state index in [1.807, 2.05) is 11.0 Å². The van der Waals surface area contributed by atoms with Crippen molar-refractivity contribution < 1.29 is 23.1 Å². The zero-order valence-corrected chi connectivity index (χ0v) is 20.0. The van der Waals surface area contributed by atoms with Gasteiger partial charge < -0.3 is 10.0 Å². The minimum absolute atomic E-state index is 0.0686. The number of carbonyl (C=O) groups is 1. The van der Waals surface area contributed by atoms with E-state index in [1.54, 1.807) is 0 Å². The number of alkyl halides is 3. The highest BCUT2D eigenvalue weighted by atomic mass is 19.4. The summed E-state index contributed by atoms with van der Waals surface area (Å²) in [5, 5.41) is 9.93. The van der Waals surface area contributed by atoms with Crippen LogP contribution in [-0.2, 0) is 11.1 Å². The molecule has 184 valence electrons. The number of amides is 1. The molecule has 2 saturated carbocycles. The van der Waals surface area contributed by atoms with Gasteiger partial charge in [-0.25, -0.2) is 0 Å². The van der Waals surface area contributed by atoms with Crippen LogP contribution in [-0.4, -0.2) is 53.2 Å². The van der Waals surface area contributed by atoms with Gasteiger partial charge >= 0.3 is 6.18 Å². The second-order valence-corrected chi connectivity index (χ2v) is 10.1. The fourth-order valence-corrected chi connectivity index (χ4v) is 5.33. The van der Waals surface area contributed by atoms with E-state index >= 15 is 0 Å². The lowest BCUT2D eigenvalue weighted by Crippen LogP contribution is -2.50. The Bertz CT molecular complexity index is 991. The summed E-state index contributed by atoms with van der Waals surface area (Å²) >= 11 is 0. The lowest BCUT2D eigenvalue weighted by molar-refractivity contribution is -0.258. The first-order chi connectivity index (χ1) is 16.0. The zero-order chi connectivity index (χ0) is 24.7. The van der Waals surface area contributed by atoms with Gasteiger partial charge in [-0.2, -0.15) is 13.2 Å². The normalized spacial score (nSPS) is 25.1. The second-order valence-electron chi connectivity index (χ2n) is 10.1. The van der Waals surface area contributed by atoms with Crippen molar-refractivity contribution in [3.8, 4) is 0 Å². The molecule has 1 atom stereocenters. The van der Waals surface area contributed by atoms with Gasteiger partial charge in [0.15, 0.2) is 5.60 Å². The Morgan fingerprint density at radius 1 is 0.912 bits per heavy atom. The molecule has 1 amide bonds. The highest BCUT2D eigenvalue weighted by Crippen LogP contribution is 2.44. The van der Waals surface area contributed by atoms with Gasteiger partial charge in [-0.1, -0.05) is 42.5 Å². The molecule has 0 radical (unpaired) electrons. The second kappa shape index (κ2) is 9.00. The van der Waals surface area contributed by atoms with Crippen molar-refractivity contribution in [2.75, 3.05) is 14.1 Å². The van der Waals surface area contributed by atoms with Crippen LogP contribution in [0.3, 0.4) is 0 Å². The highest BCUT2D eigenvalue weighted by molar-refractivity contribution is 5.95. The molecule has 2 aliphatic carbocycles. The monoisotopic (exact) mass is 474 g/mol. The SMILES string of the molecule is CN(C)[C@]1(c2ccccc2)CC[C@@H](N(C(=O)c2ccc([C@](C)(O)C(F)(F)F)cc2)C2CC2)CC1. The van der Waals surface area contributed by atoms with Crippen molar-refractivity contribution in [3.05, 3.63) is 71.3 Å². The minimum atomic E-state index is -4.79. The molecule has 0 heterocycles. The molecule has 34 heavy (non-hydrogen) atoms.